The van der Waals surface area contributed by atoms with Crippen LogP contribution in [0.3, 0.4) is 0 Å². The maximum Gasteiger partial charge on any atom is 0.0580 e. The summed E-state index contributed by atoms with van der Waals surface area (Å²) in [6, 6.07) is 14.7. The summed E-state index contributed by atoms with van der Waals surface area (Å²) < 4.78 is 5.63. The van der Waals surface area contributed by atoms with Crippen molar-refractivity contribution in [3.05, 3.63) is 48.0 Å². The van der Waals surface area contributed by atoms with Gasteiger partial charge in [0.1, 0.15) is 0 Å². The molecule has 1 aliphatic heterocycles. The van der Waals surface area contributed by atoms with E-state index in [1.54, 1.807) is 0 Å². The lowest BCUT2D eigenvalue weighted by atomic mass is 9.97. The number of aliphatic hydroxyl groups excluding tert-OH is 1. The van der Waals surface area contributed by atoms with Crippen molar-refractivity contribution in [1.29, 1.82) is 0 Å². The molecule has 112 valence electrons. The molecule has 0 amide bonds. The zero-order chi connectivity index (χ0) is 14.5. The van der Waals surface area contributed by atoms with E-state index in [1.165, 1.54) is 29.2 Å². The van der Waals surface area contributed by atoms with Gasteiger partial charge in [0.25, 0.3) is 0 Å². The van der Waals surface area contributed by atoms with Gasteiger partial charge in [-0.15, -0.1) is 0 Å². The van der Waals surface area contributed by atoms with Gasteiger partial charge in [-0.3, -0.25) is 0 Å². The second kappa shape index (κ2) is 7.06. The Morgan fingerprint density at radius 1 is 1.14 bits per heavy atom. The Morgan fingerprint density at radius 2 is 2.00 bits per heavy atom. The Hall–Kier alpha value is -1.38. The molecule has 1 heterocycles. The Bertz CT molecular complexity index is 567. The molecule has 3 rings (SSSR count). The minimum Gasteiger partial charge on any atom is -0.393 e. The van der Waals surface area contributed by atoms with Crippen molar-refractivity contribution < 1.29 is 9.84 Å². The molecule has 1 N–H and O–H groups in total. The van der Waals surface area contributed by atoms with Crippen LogP contribution in [0.5, 0.6) is 0 Å². The Balaban J connectivity index is 1.54. The van der Waals surface area contributed by atoms with Crippen molar-refractivity contribution in [2.75, 3.05) is 6.61 Å². The number of ether oxygens (including phenoxy) is 1. The van der Waals surface area contributed by atoms with Gasteiger partial charge in [0.15, 0.2) is 0 Å². The molecule has 2 atom stereocenters. The SMILES string of the molecule is OC(CCCC1CCCO1)Cc1cccc2ccccc12. The standard InChI is InChI=1S/C19H24O2/c20-17(9-4-10-18-11-5-13-21-18)14-16-8-3-7-15-6-1-2-12-19(15)16/h1-3,6-8,12,17-18,20H,4-5,9-11,13-14H2. The number of fused-ring (bicyclic) bond motifs is 1. The summed E-state index contributed by atoms with van der Waals surface area (Å²) in [5, 5.41) is 12.8. The fourth-order valence-corrected chi connectivity index (χ4v) is 3.28. The van der Waals surface area contributed by atoms with E-state index in [2.05, 4.69) is 42.5 Å². The number of hydrogen-bond donors (Lipinski definition) is 1. The molecule has 1 aliphatic rings. The first-order valence-corrected chi connectivity index (χ1v) is 8.09. The van der Waals surface area contributed by atoms with Crippen molar-refractivity contribution in [1.82, 2.24) is 0 Å². The number of aliphatic hydroxyl groups is 1. The molecule has 21 heavy (non-hydrogen) atoms. The summed E-state index contributed by atoms with van der Waals surface area (Å²) in [4.78, 5) is 0. The highest BCUT2D eigenvalue weighted by atomic mass is 16.5. The monoisotopic (exact) mass is 284 g/mol. The molecule has 2 aromatic carbocycles. The van der Waals surface area contributed by atoms with Gasteiger partial charge < -0.3 is 9.84 Å². The van der Waals surface area contributed by atoms with E-state index in [9.17, 15) is 5.11 Å². The molecule has 0 radical (unpaired) electrons. The summed E-state index contributed by atoms with van der Waals surface area (Å²) in [6.45, 7) is 0.920. The first-order chi connectivity index (χ1) is 10.3. The summed E-state index contributed by atoms with van der Waals surface area (Å²) in [6.07, 6.45) is 6.33. The number of hydrogen-bond acceptors (Lipinski definition) is 2. The van der Waals surface area contributed by atoms with Crippen molar-refractivity contribution in [3.8, 4) is 0 Å². The molecular formula is C19H24O2. The molecule has 0 aliphatic carbocycles. The van der Waals surface area contributed by atoms with Crippen LogP contribution in [0.2, 0.25) is 0 Å². The molecule has 1 fully saturated rings. The third-order valence-electron chi connectivity index (χ3n) is 4.42. The topological polar surface area (TPSA) is 29.5 Å². The number of benzene rings is 2. The van der Waals surface area contributed by atoms with Crippen LogP contribution in [0.25, 0.3) is 10.8 Å². The third-order valence-corrected chi connectivity index (χ3v) is 4.42. The predicted molar refractivity (Wildman–Crippen MR) is 86.5 cm³/mol. The third kappa shape index (κ3) is 3.84. The highest BCUT2D eigenvalue weighted by Gasteiger charge is 2.16. The van der Waals surface area contributed by atoms with Gasteiger partial charge in [-0.2, -0.15) is 0 Å². The van der Waals surface area contributed by atoms with Crippen molar-refractivity contribution >= 4 is 10.8 Å². The van der Waals surface area contributed by atoms with Crippen LogP contribution in [0.15, 0.2) is 42.5 Å². The summed E-state index contributed by atoms with van der Waals surface area (Å²) in [7, 11) is 0. The first-order valence-electron chi connectivity index (χ1n) is 8.09. The van der Waals surface area contributed by atoms with Crippen LogP contribution in [-0.4, -0.2) is 23.9 Å². The second-order valence-corrected chi connectivity index (χ2v) is 6.06. The Labute approximate surface area is 126 Å². The van der Waals surface area contributed by atoms with Crippen molar-refractivity contribution in [3.63, 3.8) is 0 Å². The van der Waals surface area contributed by atoms with E-state index in [-0.39, 0.29) is 6.10 Å². The van der Waals surface area contributed by atoms with Gasteiger partial charge in [0.2, 0.25) is 0 Å². The molecular weight excluding hydrogens is 260 g/mol. The molecule has 1 saturated heterocycles. The fraction of sp³-hybridized carbons (Fsp3) is 0.474. The lowest BCUT2D eigenvalue weighted by Gasteiger charge is -2.14. The van der Waals surface area contributed by atoms with Gasteiger partial charge >= 0.3 is 0 Å². The van der Waals surface area contributed by atoms with Crippen molar-refractivity contribution in [2.24, 2.45) is 0 Å². The van der Waals surface area contributed by atoms with Crippen LogP contribution >= 0.6 is 0 Å². The molecule has 2 aromatic rings. The van der Waals surface area contributed by atoms with E-state index in [1.807, 2.05) is 0 Å². The van der Waals surface area contributed by atoms with Crippen LogP contribution in [0, 0.1) is 0 Å². The molecule has 2 unspecified atom stereocenters. The largest absolute Gasteiger partial charge is 0.393 e. The summed E-state index contributed by atoms with van der Waals surface area (Å²) in [5.74, 6) is 0. The minimum atomic E-state index is -0.253. The predicted octanol–water partition coefficient (Wildman–Crippen LogP) is 4.09. The Morgan fingerprint density at radius 3 is 2.86 bits per heavy atom. The maximum atomic E-state index is 10.3. The molecule has 2 nitrogen and oxygen atoms in total. The lowest BCUT2D eigenvalue weighted by molar-refractivity contribution is 0.0945. The first kappa shape index (κ1) is 14.6. The fourth-order valence-electron chi connectivity index (χ4n) is 3.28. The Kier molecular flexibility index (Phi) is 4.89. The minimum absolute atomic E-state index is 0.253. The van der Waals surface area contributed by atoms with E-state index < -0.39 is 0 Å². The van der Waals surface area contributed by atoms with Crippen LogP contribution in [0.4, 0.5) is 0 Å². The number of rotatable bonds is 6. The van der Waals surface area contributed by atoms with Gasteiger partial charge in [0, 0.05) is 6.61 Å². The average molecular weight is 284 g/mol. The second-order valence-electron chi connectivity index (χ2n) is 6.06. The average Bonchev–Trinajstić information content (AvgIpc) is 3.01. The van der Waals surface area contributed by atoms with Gasteiger partial charge in [-0.25, -0.2) is 0 Å². The zero-order valence-electron chi connectivity index (χ0n) is 12.5. The summed E-state index contributed by atoms with van der Waals surface area (Å²) in [5.41, 5.74) is 1.25. The van der Waals surface area contributed by atoms with Gasteiger partial charge in [0.05, 0.1) is 12.2 Å². The van der Waals surface area contributed by atoms with Crippen molar-refractivity contribution in [2.45, 2.75) is 50.7 Å². The maximum absolute atomic E-state index is 10.3. The normalized spacial score (nSPS) is 20.0. The van der Waals surface area contributed by atoms with Crippen LogP contribution in [0.1, 0.15) is 37.7 Å². The molecule has 0 saturated carbocycles. The molecule has 0 aromatic heterocycles. The van der Waals surface area contributed by atoms with E-state index in [4.69, 9.17) is 4.74 Å². The van der Waals surface area contributed by atoms with Gasteiger partial charge in [-0.05, 0) is 54.9 Å². The molecule has 0 bridgehead atoms. The van der Waals surface area contributed by atoms with E-state index in [0.717, 1.165) is 32.3 Å². The highest BCUT2D eigenvalue weighted by molar-refractivity contribution is 5.85. The van der Waals surface area contributed by atoms with E-state index in [0.29, 0.717) is 6.10 Å². The molecule has 2 heteroatoms. The highest BCUT2D eigenvalue weighted by Crippen LogP contribution is 2.22. The lowest BCUT2D eigenvalue weighted by Crippen LogP contribution is -2.12. The molecule has 0 spiro atoms. The zero-order valence-corrected chi connectivity index (χ0v) is 12.5. The quantitative estimate of drug-likeness (QED) is 0.865. The van der Waals surface area contributed by atoms with Gasteiger partial charge in [-0.1, -0.05) is 42.5 Å². The smallest absolute Gasteiger partial charge is 0.0580 e. The van der Waals surface area contributed by atoms with Crippen LogP contribution < -0.4 is 0 Å². The van der Waals surface area contributed by atoms with Crippen LogP contribution in [-0.2, 0) is 11.2 Å². The van der Waals surface area contributed by atoms with E-state index >= 15 is 0 Å². The summed E-state index contributed by atoms with van der Waals surface area (Å²) >= 11 is 0.